The summed E-state index contributed by atoms with van der Waals surface area (Å²) in [7, 11) is 3.02. The first-order chi connectivity index (χ1) is 12.3. The Hall–Kier alpha value is -2.26. The highest BCUT2D eigenvalue weighted by atomic mass is 79.9. The molecule has 0 aliphatic rings. The van der Waals surface area contributed by atoms with E-state index in [-0.39, 0.29) is 6.54 Å². The molecule has 4 N–H and O–H groups in total. The zero-order chi connectivity index (χ0) is 19.3. The van der Waals surface area contributed by atoms with Crippen LogP contribution in [0, 0.1) is 0 Å². The van der Waals surface area contributed by atoms with Gasteiger partial charge < -0.3 is 25.8 Å². The first-order valence-corrected chi connectivity index (χ1v) is 9.03. The molecule has 0 unspecified atom stereocenters. The quantitative estimate of drug-likeness (QED) is 0.426. The van der Waals surface area contributed by atoms with Gasteiger partial charge >= 0.3 is 5.97 Å². The highest BCUT2D eigenvalue weighted by molar-refractivity contribution is 9.11. The predicted octanol–water partition coefficient (Wildman–Crippen LogP) is 3.53. The molecule has 26 heavy (non-hydrogen) atoms. The Morgan fingerprint density at radius 1 is 1.15 bits per heavy atom. The number of hydrogen-bond donors (Lipinski definition) is 3. The molecule has 0 atom stereocenters. The molecule has 0 spiro atoms. The van der Waals surface area contributed by atoms with Crippen LogP contribution in [0.25, 0.3) is 0 Å². The van der Waals surface area contributed by atoms with Crippen molar-refractivity contribution in [3.8, 4) is 11.5 Å². The summed E-state index contributed by atoms with van der Waals surface area (Å²) >= 11 is 6.80. The van der Waals surface area contributed by atoms with Crippen LogP contribution < -0.4 is 21.1 Å². The maximum atomic E-state index is 12.1. The van der Waals surface area contributed by atoms with Crippen molar-refractivity contribution in [2.75, 3.05) is 31.8 Å². The summed E-state index contributed by atoms with van der Waals surface area (Å²) < 4.78 is 11.5. The number of nitrogen functional groups attached to an aromatic ring is 1. The van der Waals surface area contributed by atoms with E-state index in [1.54, 1.807) is 37.4 Å². The number of amides is 1. The van der Waals surface area contributed by atoms with E-state index < -0.39 is 11.9 Å². The highest BCUT2D eigenvalue weighted by Crippen LogP contribution is 2.39. The van der Waals surface area contributed by atoms with Crippen LogP contribution in [0.15, 0.2) is 39.3 Å². The van der Waals surface area contributed by atoms with Gasteiger partial charge in [-0.05, 0) is 56.1 Å². The summed E-state index contributed by atoms with van der Waals surface area (Å²) in [5.74, 6) is 0.141. The molecule has 7 nitrogen and oxygen atoms in total. The van der Waals surface area contributed by atoms with E-state index >= 15 is 0 Å². The molecule has 0 heterocycles. The Labute approximate surface area is 167 Å². The van der Waals surface area contributed by atoms with Gasteiger partial charge in [0, 0.05) is 18.7 Å². The molecule has 0 aromatic heterocycles. The van der Waals surface area contributed by atoms with Crippen molar-refractivity contribution in [1.82, 2.24) is 5.32 Å². The van der Waals surface area contributed by atoms with Gasteiger partial charge in [-0.1, -0.05) is 0 Å². The maximum absolute atomic E-state index is 12.1. The lowest BCUT2D eigenvalue weighted by Crippen LogP contribution is -2.30. The molecule has 0 aliphatic carbocycles. The number of carbonyl (C=O) groups excluding carboxylic acids is 2. The fraction of sp³-hybridized carbons (Fsp3) is 0.176. The number of ether oxygens (including phenoxy) is 2. The van der Waals surface area contributed by atoms with E-state index in [9.17, 15) is 9.59 Å². The van der Waals surface area contributed by atoms with Crippen LogP contribution in [-0.2, 0) is 9.53 Å². The predicted molar refractivity (Wildman–Crippen MR) is 107 cm³/mol. The lowest BCUT2D eigenvalue weighted by atomic mass is 10.2. The summed E-state index contributed by atoms with van der Waals surface area (Å²) in [6.07, 6.45) is 0. The van der Waals surface area contributed by atoms with E-state index in [0.29, 0.717) is 31.7 Å². The summed E-state index contributed by atoms with van der Waals surface area (Å²) in [6, 6.07) is 8.45. The number of halogens is 2. The van der Waals surface area contributed by atoms with Gasteiger partial charge in [0.05, 0.1) is 27.4 Å². The number of anilines is 2. The maximum Gasteiger partial charge on any atom is 0.325 e. The molecule has 0 radical (unpaired) electrons. The number of hydrogen-bond acceptors (Lipinski definition) is 6. The van der Waals surface area contributed by atoms with Crippen molar-refractivity contribution in [2.24, 2.45) is 0 Å². The van der Waals surface area contributed by atoms with Gasteiger partial charge in [0.25, 0.3) is 5.91 Å². The average Bonchev–Trinajstić information content (AvgIpc) is 2.63. The Bertz CT molecular complexity index is 820. The molecule has 2 rings (SSSR count). The standard InChI is InChI=1S/C17H17Br2N3O4/c1-21-14-7-10(3-4-13(14)20)26-16-11(18)5-9(6-12(16)19)17(24)22-8-15(23)25-2/h3-7,21H,8,20H2,1-2H3,(H,22,24). The largest absolute Gasteiger partial charge is 0.468 e. The summed E-state index contributed by atoms with van der Waals surface area (Å²) in [5.41, 5.74) is 7.56. The molecule has 0 fully saturated rings. The van der Waals surface area contributed by atoms with Gasteiger partial charge in [-0.25, -0.2) is 0 Å². The van der Waals surface area contributed by atoms with Crippen LogP contribution in [0.3, 0.4) is 0 Å². The highest BCUT2D eigenvalue weighted by Gasteiger charge is 2.15. The smallest absolute Gasteiger partial charge is 0.325 e. The van der Waals surface area contributed by atoms with E-state index in [2.05, 4.69) is 47.2 Å². The molecule has 2 aromatic carbocycles. The molecule has 0 bridgehead atoms. The molecule has 0 aliphatic heterocycles. The van der Waals surface area contributed by atoms with Crippen LogP contribution in [0.1, 0.15) is 10.4 Å². The Morgan fingerprint density at radius 3 is 2.38 bits per heavy atom. The Morgan fingerprint density at radius 2 is 1.81 bits per heavy atom. The number of methoxy groups -OCH3 is 1. The number of benzene rings is 2. The third-order valence-corrected chi connectivity index (χ3v) is 4.57. The SMILES string of the molecule is CNc1cc(Oc2c(Br)cc(C(=O)NCC(=O)OC)cc2Br)ccc1N. The third kappa shape index (κ3) is 4.89. The number of rotatable bonds is 6. The molecule has 0 saturated heterocycles. The van der Waals surface area contributed by atoms with Crippen molar-refractivity contribution in [3.05, 3.63) is 44.8 Å². The third-order valence-electron chi connectivity index (χ3n) is 3.40. The fourth-order valence-corrected chi connectivity index (χ4v) is 3.40. The van der Waals surface area contributed by atoms with Gasteiger partial charge in [-0.3, -0.25) is 9.59 Å². The molecule has 0 saturated carbocycles. The minimum atomic E-state index is -0.528. The minimum absolute atomic E-state index is 0.207. The van der Waals surface area contributed by atoms with Crippen LogP contribution in [0.4, 0.5) is 11.4 Å². The lowest BCUT2D eigenvalue weighted by Gasteiger charge is -2.13. The minimum Gasteiger partial charge on any atom is -0.468 e. The molecule has 138 valence electrons. The lowest BCUT2D eigenvalue weighted by molar-refractivity contribution is -0.139. The van der Waals surface area contributed by atoms with Crippen molar-refractivity contribution in [2.45, 2.75) is 0 Å². The van der Waals surface area contributed by atoms with Crippen LogP contribution in [0.2, 0.25) is 0 Å². The second-order valence-corrected chi connectivity index (χ2v) is 6.84. The van der Waals surface area contributed by atoms with Crippen LogP contribution >= 0.6 is 31.9 Å². The van der Waals surface area contributed by atoms with Crippen molar-refractivity contribution >= 4 is 55.1 Å². The second kappa shape index (κ2) is 8.91. The van der Waals surface area contributed by atoms with Crippen molar-refractivity contribution in [3.63, 3.8) is 0 Å². The Balaban J connectivity index is 2.21. The first kappa shape index (κ1) is 20.1. The normalized spacial score (nSPS) is 10.2. The number of nitrogens with one attached hydrogen (secondary N) is 2. The topological polar surface area (TPSA) is 103 Å². The molecule has 2 aromatic rings. The van der Waals surface area contributed by atoms with Gasteiger partial charge in [-0.2, -0.15) is 0 Å². The van der Waals surface area contributed by atoms with E-state index in [0.717, 1.165) is 5.69 Å². The van der Waals surface area contributed by atoms with Gasteiger partial charge in [0.1, 0.15) is 12.3 Å². The second-order valence-electron chi connectivity index (χ2n) is 5.13. The average molecular weight is 487 g/mol. The van der Waals surface area contributed by atoms with Gasteiger partial charge in [0.15, 0.2) is 5.75 Å². The molecule has 9 heteroatoms. The Kier molecular flexibility index (Phi) is 6.87. The number of nitrogens with two attached hydrogens (primary N) is 1. The summed E-state index contributed by atoms with van der Waals surface area (Å²) in [6.45, 7) is -0.207. The van der Waals surface area contributed by atoms with E-state index in [1.807, 2.05) is 0 Å². The fourth-order valence-electron chi connectivity index (χ4n) is 2.05. The zero-order valence-corrected chi connectivity index (χ0v) is 17.2. The summed E-state index contributed by atoms with van der Waals surface area (Å²) in [5, 5.41) is 5.46. The molecular formula is C17H17Br2N3O4. The van der Waals surface area contributed by atoms with Gasteiger partial charge in [-0.15, -0.1) is 0 Å². The summed E-state index contributed by atoms with van der Waals surface area (Å²) in [4.78, 5) is 23.3. The monoisotopic (exact) mass is 485 g/mol. The zero-order valence-electron chi connectivity index (χ0n) is 14.1. The number of esters is 1. The van der Waals surface area contributed by atoms with Crippen molar-refractivity contribution < 1.29 is 19.1 Å². The van der Waals surface area contributed by atoms with Crippen LogP contribution in [-0.4, -0.2) is 32.6 Å². The first-order valence-electron chi connectivity index (χ1n) is 7.45. The number of carbonyl (C=O) groups is 2. The van der Waals surface area contributed by atoms with Crippen molar-refractivity contribution in [1.29, 1.82) is 0 Å². The van der Waals surface area contributed by atoms with Crippen LogP contribution in [0.5, 0.6) is 11.5 Å². The van der Waals surface area contributed by atoms with Gasteiger partial charge in [0.2, 0.25) is 0 Å². The van der Waals surface area contributed by atoms with E-state index in [1.165, 1.54) is 7.11 Å². The van der Waals surface area contributed by atoms with E-state index in [4.69, 9.17) is 10.5 Å². The molecular weight excluding hydrogens is 470 g/mol. The molecule has 1 amide bonds.